The predicted octanol–water partition coefficient (Wildman–Crippen LogP) is 3.71. The Morgan fingerprint density at radius 2 is 1.83 bits per heavy atom. The van der Waals surface area contributed by atoms with E-state index in [9.17, 15) is 17.6 Å². The summed E-state index contributed by atoms with van der Waals surface area (Å²) in [6.07, 6.45) is 5.81. The van der Waals surface area contributed by atoms with Crippen molar-refractivity contribution in [1.82, 2.24) is 5.32 Å². The van der Waals surface area contributed by atoms with Gasteiger partial charge in [-0.25, -0.2) is 12.8 Å². The third-order valence-corrected chi connectivity index (χ3v) is 7.28. The van der Waals surface area contributed by atoms with Crippen LogP contribution in [0.15, 0.2) is 48.5 Å². The van der Waals surface area contributed by atoms with Gasteiger partial charge in [0.2, 0.25) is 10.0 Å². The fraction of sp³-hybridized carbons (Fsp3) is 0.409. The highest BCUT2D eigenvalue weighted by Crippen LogP contribution is 2.44. The monoisotopic (exact) mass is 416 g/mol. The number of nitrogens with one attached hydrogen (secondary N) is 1. The Morgan fingerprint density at radius 3 is 2.41 bits per heavy atom. The van der Waals surface area contributed by atoms with E-state index in [1.54, 1.807) is 42.5 Å². The maximum Gasteiger partial charge on any atom is 0.251 e. The summed E-state index contributed by atoms with van der Waals surface area (Å²) in [4.78, 5) is 12.6. The molecule has 1 N–H and O–H groups in total. The summed E-state index contributed by atoms with van der Waals surface area (Å²) in [6, 6.07) is 12.8. The van der Waals surface area contributed by atoms with E-state index in [0.717, 1.165) is 22.9 Å². The lowest BCUT2D eigenvalue weighted by Gasteiger charge is -2.24. The van der Waals surface area contributed by atoms with Gasteiger partial charge in [0.25, 0.3) is 5.91 Å². The molecule has 2 fully saturated rings. The number of fused-ring (bicyclic) bond motifs is 2. The Labute approximate surface area is 171 Å². The lowest BCUT2D eigenvalue weighted by Crippen LogP contribution is -2.38. The van der Waals surface area contributed by atoms with Crippen molar-refractivity contribution in [1.29, 1.82) is 0 Å². The zero-order valence-corrected chi connectivity index (χ0v) is 17.2. The summed E-state index contributed by atoms with van der Waals surface area (Å²) < 4.78 is 39.7. The minimum atomic E-state index is -3.62. The van der Waals surface area contributed by atoms with Crippen LogP contribution in [0.5, 0.6) is 0 Å². The van der Waals surface area contributed by atoms with Crippen LogP contribution in [0, 0.1) is 17.7 Å². The number of benzene rings is 2. The Hall–Kier alpha value is -2.41. The number of carbonyl (C=O) groups excluding carboxylic acids is 1. The number of halogens is 1. The normalized spacial score (nSPS) is 23.2. The number of sulfonamides is 1. The topological polar surface area (TPSA) is 66.5 Å². The second-order valence-corrected chi connectivity index (χ2v) is 10.1. The van der Waals surface area contributed by atoms with E-state index in [1.165, 1.54) is 25.3 Å². The number of rotatable bonds is 6. The number of nitrogens with zero attached hydrogens (tertiary/aromatic N) is 1. The Bertz CT molecular complexity index is 1010. The SMILES string of the molecule is CS(=O)(=O)N(Cc1ccccc1F)c1ccc(C(=O)NC2CC3CCC2C3)cc1. The molecule has 0 spiro atoms. The molecule has 4 rings (SSSR count). The molecule has 0 radical (unpaired) electrons. The van der Waals surface area contributed by atoms with Gasteiger partial charge in [0, 0.05) is 17.2 Å². The summed E-state index contributed by atoms with van der Waals surface area (Å²) in [5.41, 5.74) is 1.18. The van der Waals surface area contributed by atoms with Crippen LogP contribution < -0.4 is 9.62 Å². The summed E-state index contributed by atoms with van der Waals surface area (Å²) in [5, 5.41) is 3.13. The molecule has 0 aromatic heterocycles. The van der Waals surface area contributed by atoms with Crippen LogP contribution in [0.25, 0.3) is 0 Å². The number of hydrogen-bond acceptors (Lipinski definition) is 3. The van der Waals surface area contributed by atoms with Crippen molar-refractivity contribution in [3.63, 3.8) is 0 Å². The van der Waals surface area contributed by atoms with Gasteiger partial charge < -0.3 is 5.32 Å². The molecule has 2 aromatic rings. The van der Waals surface area contributed by atoms with Gasteiger partial charge in [-0.05, 0) is 61.4 Å². The molecule has 0 saturated heterocycles. The number of anilines is 1. The molecule has 2 aliphatic rings. The van der Waals surface area contributed by atoms with Gasteiger partial charge in [-0.2, -0.15) is 0 Å². The van der Waals surface area contributed by atoms with Crippen LogP contribution in [0.3, 0.4) is 0 Å². The van der Waals surface area contributed by atoms with Gasteiger partial charge in [-0.3, -0.25) is 9.10 Å². The maximum absolute atomic E-state index is 14.0. The minimum absolute atomic E-state index is 0.109. The molecule has 3 atom stereocenters. The molecule has 7 heteroatoms. The number of carbonyl (C=O) groups is 1. The molecule has 2 bridgehead atoms. The molecule has 0 aliphatic heterocycles. The summed E-state index contributed by atoms with van der Waals surface area (Å²) in [7, 11) is -3.62. The fourth-order valence-corrected chi connectivity index (χ4v) is 5.51. The fourth-order valence-electron chi connectivity index (χ4n) is 4.63. The Morgan fingerprint density at radius 1 is 1.10 bits per heavy atom. The summed E-state index contributed by atoms with van der Waals surface area (Å²) in [6.45, 7) is -0.109. The van der Waals surface area contributed by atoms with Crippen molar-refractivity contribution < 1.29 is 17.6 Å². The number of hydrogen-bond donors (Lipinski definition) is 1. The highest BCUT2D eigenvalue weighted by molar-refractivity contribution is 7.92. The third kappa shape index (κ3) is 4.29. The van der Waals surface area contributed by atoms with Crippen molar-refractivity contribution in [2.45, 2.75) is 38.3 Å². The summed E-state index contributed by atoms with van der Waals surface area (Å²) in [5.74, 6) is 0.746. The Kier molecular flexibility index (Phi) is 5.34. The van der Waals surface area contributed by atoms with Crippen molar-refractivity contribution in [2.75, 3.05) is 10.6 Å². The molecule has 2 saturated carbocycles. The van der Waals surface area contributed by atoms with Crippen LogP contribution in [0.4, 0.5) is 10.1 Å². The third-order valence-electron chi connectivity index (χ3n) is 6.14. The summed E-state index contributed by atoms with van der Waals surface area (Å²) >= 11 is 0. The average Bonchev–Trinajstić information content (AvgIpc) is 3.30. The second-order valence-electron chi connectivity index (χ2n) is 8.16. The van der Waals surface area contributed by atoms with Gasteiger partial charge in [0.05, 0.1) is 18.5 Å². The molecule has 1 amide bonds. The molecule has 0 heterocycles. The standard InChI is InChI=1S/C22H25FN2O3S/c1-29(27,28)25(14-18-4-2-3-5-20(18)23)19-10-8-16(9-11-19)22(26)24-21-13-15-6-7-17(21)12-15/h2-5,8-11,15,17,21H,6-7,12-14H2,1H3,(H,24,26). The molecule has 3 unspecified atom stereocenters. The first-order valence-electron chi connectivity index (χ1n) is 9.93. The van der Waals surface area contributed by atoms with Crippen LogP contribution in [-0.2, 0) is 16.6 Å². The zero-order chi connectivity index (χ0) is 20.6. The van der Waals surface area contributed by atoms with Crippen LogP contribution in [0.2, 0.25) is 0 Å². The molecular weight excluding hydrogens is 391 g/mol. The van der Waals surface area contributed by atoms with Crippen molar-refractivity contribution in [3.05, 3.63) is 65.5 Å². The zero-order valence-electron chi connectivity index (χ0n) is 16.3. The van der Waals surface area contributed by atoms with Gasteiger partial charge in [0.15, 0.2) is 0 Å². The lowest BCUT2D eigenvalue weighted by molar-refractivity contribution is 0.0923. The van der Waals surface area contributed by atoms with Crippen molar-refractivity contribution in [2.24, 2.45) is 11.8 Å². The second kappa shape index (κ2) is 7.78. The minimum Gasteiger partial charge on any atom is -0.349 e. The van der Waals surface area contributed by atoms with E-state index in [4.69, 9.17) is 0 Å². The van der Waals surface area contributed by atoms with Crippen LogP contribution in [-0.4, -0.2) is 26.6 Å². The predicted molar refractivity (Wildman–Crippen MR) is 111 cm³/mol. The maximum atomic E-state index is 14.0. The Balaban J connectivity index is 1.50. The van der Waals surface area contributed by atoms with Gasteiger partial charge in [-0.1, -0.05) is 24.6 Å². The molecule has 2 aromatic carbocycles. The molecule has 29 heavy (non-hydrogen) atoms. The smallest absolute Gasteiger partial charge is 0.251 e. The van der Waals surface area contributed by atoms with Gasteiger partial charge in [0.1, 0.15) is 5.82 Å². The van der Waals surface area contributed by atoms with E-state index in [2.05, 4.69) is 5.32 Å². The lowest BCUT2D eigenvalue weighted by atomic mass is 9.95. The highest BCUT2D eigenvalue weighted by Gasteiger charge is 2.40. The highest BCUT2D eigenvalue weighted by atomic mass is 32.2. The molecular formula is C22H25FN2O3S. The van der Waals surface area contributed by atoms with Gasteiger partial charge in [-0.15, -0.1) is 0 Å². The van der Waals surface area contributed by atoms with Gasteiger partial charge >= 0.3 is 0 Å². The van der Waals surface area contributed by atoms with Crippen molar-refractivity contribution in [3.8, 4) is 0 Å². The first-order chi connectivity index (χ1) is 13.8. The molecule has 154 valence electrons. The van der Waals surface area contributed by atoms with Crippen LogP contribution in [0.1, 0.15) is 41.6 Å². The quantitative estimate of drug-likeness (QED) is 0.781. The molecule has 2 aliphatic carbocycles. The van der Waals surface area contributed by atoms with E-state index in [0.29, 0.717) is 17.2 Å². The number of amides is 1. The molecule has 5 nitrogen and oxygen atoms in total. The van der Waals surface area contributed by atoms with E-state index in [1.807, 2.05) is 0 Å². The van der Waals surface area contributed by atoms with Crippen molar-refractivity contribution >= 4 is 21.6 Å². The largest absolute Gasteiger partial charge is 0.349 e. The average molecular weight is 417 g/mol. The first-order valence-corrected chi connectivity index (χ1v) is 11.8. The van der Waals surface area contributed by atoms with E-state index in [-0.39, 0.29) is 24.1 Å². The van der Waals surface area contributed by atoms with E-state index < -0.39 is 15.8 Å². The van der Waals surface area contributed by atoms with E-state index >= 15 is 0 Å². The first kappa shape index (κ1) is 19.9. The van der Waals surface area contributed by atoms with Crippen LogP contribution >= 0.6 is 0 Å².